The van der Waals surface area contributed by atoms with Gasteiger partial charge in [0.05, 0.1) is 24.4 Å². The van der Waals surface area contributed by atoms with Gasteiger partial charge in [-0.2, -0.15) is 0 Å². The number of morpholine rings is 1. The molecule has 0 spiro atoms. The second kappa shape index (κ2) is 7.19. The first-order valence-electron chi connectivity index (χ1n) is 8.79. The number of anilines is 1. The summed E-state index contributed by atoms with van der Waals surface area (Å²) in [7, 11) is 0. The molecular weight excluding hydrogens is 316 g/mol. The summed E-state index contributed by atoms with van der Waals surface area (Å²) in [5.41, 5.74) is 1.72. The van der Waals surface area contributed by atoms with Gasteiger partial charge in [-0.25, -0.2) is 0 Å². The van der Waals surface area contributed by atoms with Gasteiger partial charge < -0.3 is 15.0 Å². The van der Waals surface area contributed by atoms with Crippen LogP contribution in [-0.4, -0.2) is 52.6 Å². The van der Waals surface area contributed by atoms with Crippen LogP contribution in [-0.2, 0) is 4.74 Å². The number of ether oxygens (including phenoxy) is 1. The number of aromatic nitrogens is 2. The van der Waals surface area contributed by atoms with Crippen LogP contribution in [0.3, 0.4) is 0 Å². The zero-order valence-corrected chi connectivity index (χ0v) is 14.0. The Kier molecular flexibility index (Phi) is 4.61. The van der Waals surface area contributed by atoms with Crippen LogP contribution in [0.15, 0.2) is 49.1 Å². The average molecular weight is 338 g/mol. The third-order valence-corrected chi connectivity index (χ3v) is 5.14. The van der Waals surface area contributed by atoms with Gasteiger partial charge in [0, 0.05) is 49.4 Å². The maximum absolute atomic E-state index is 12.8. The minimum Gasteiger partial charge on any atom is -0.383 e. The molecule has 0 aromatic carbocycles. The Morgan fingerprint density at radius 2 is 2.08 bits per heavy atom. The summed E-state index contributed by atoms with van der Waals surface area (Å²) >= 11 is 0. The largest absolute Gasteiger partial charge is 0.383 e. The molecule has 1 saturated carbocycles. The summed E-state index contributed by atoms with van der Waals surface area (Å²) in [4.78, 5) is 23.0. The smallest absolute Gasteiger partial charge is 0.254 e. The predicted octanol–water partition coefficient (Wildman–Crippen LogP) is 2.21. The highest BCUT2D eigenvalue weighted by atomic mass is 16.5. The summed E-state index contributed by atoms with van der Waals surface area (Å²) in [6, 6.07) is 7.66. The molecule has 1 aliphatic carbocycles. The molecule has 3 unspecified atom stereocenters. The van der Waals surface area contributed by atoms with Crippen molar-refractivity contribution in [2.24, 2.45) is 5.92 Å². The Morgan fingerprint density at radius 1 is 1.20 bits per heavy atom. The molecule has 0 radical (unpaired) electrons. The van der Waals surface area contributed by atoms with Crippen LogP contribution in [0, 0.1) is 5.92 Å². The normalized spacial score (nSPS) is 25.4. The van der Waals surface area contributed by atoms with Crippen molar-refractivity contribution in [2.75, 3.05) is 25.0 Å². The van der Waals surface area contributed by atoms with Gasteiger partial charge in [0.1, 0.15) is 0 Å². The monoisotopic (exact) mass is 338 g/mol. The minimum atomic E-state index is 0.0848. The summed E-state index contributed by atoms with van der Waals surface area (Å²) < 4.78 is 6.06. The first kappa shape index (κ1) is 16.0. The molecule has 1 amide bonds. The molecule has 3 heterocycles. The molecule has 4 rings (SSSR count). The van der Waals surface area contributed by atoms with Crippen LogP contribution in [0.4, 0.5) is 5.69 Å². The molecule has 2 aliphatic rings. The lowest BCUT2D eigenvalue weighted by Crippen LogP contribution is -2.53. The molecule has 6 nitrogen and oxygen atoms in total. The number of nitrogens with one attached hydrogen (secondary N) is 1. The molecule has 2 aromatic heterocycles. The van der Waals surface area contributed by atoms with Crippen LogP contribution in [0.25, 0.3) is 0 Å². The van der Waals surface area contributed by atoms with Crippen molar-refractivity contribution >= 4 is 11.6 Å². The van der Waals surface area contributed by atoms with E-state index in [0.717, 1.165) is 25.1 Å². The van der Waals surface area contributed by atoms with Crippen molar-refractivity contribution in [3.63, 3.8) is 0 Å². The van der Waals surface area contributed by atoms with E-state index >= 15 is 0 Å². The average Bonchev–Trinajstić information content (AvgIpc) is 3.10. The van der Waals surface area contributed by atoms with Crippen molar-refractivity contribution in [2.45, 2.75) is 25.0 Å². The maximum Gasteiger partial charge on any atom is 0.254 e. The molecule has 2 aromatic rings. The zero-order chi connectivity index (χ0) is 17.1. The van der Waals surface area contributed by atoms with E-state index in [0.29, 0.717) is 24.6 Å². The molecule has 3 atom stereocenters. The number of pyridine rings is 2. The van der Waals surface area contributed by atoms with E-state index in [9.17, 15) is 4.79 Å². The number of carbonyl (C=O) groups is 1. The number of carbonyl (C=O) groups excluding carboxylic acids is 1. The summed E-state index contributed by atoms with van der Waals surface area (Å²) in [6.45, 7) is 2.09. The fraction of sp³-hybridized carbons (Fsp3) is 0.421. The van der Waals surface area contributed by atoms with Gasteiger partial charge in [0.2, 0.25) is 0 Å². The zero-order valence-electron chi connectivity index (χ0n) is 14.0. The van der Waals surface area contributed by atoms with Crippen molar-refractivity contribution in [1.29, 1.82) is 0 Å². The first-order chi connectivity index (χ1) is 12.3. The minimum absolute atomic E-state index is 0.0848. The molecular formula is C19H22N4O2. The molecule has 0 bridgehead atoms. The molecule has 130 valence electrons. The van der Waals surface area contributed by atoms with Crippen LogP contribution >= 0.6 is 0 Å². The van der Waals surface area contributed by atoms with E-state index in [1.54, 1.807) is 30.7 Å². The Bertz CT molecular complexity index is 710. The topological polar surface area (TPSA) is 67.4 Å². The first-order valence-corrected chi connectivity index (χ1v) is 8.79. The Hall–Kier alpha value is -2.47. The maximum atomic E-state index is 12.8. The lowest BCUT2D eigenvalue weighted by molar-refractivity contribution is -0.0602. The number of hydrogen-bond acceptors (Lipinski definition) is 5. The van der Waals surface area contributed by atoms with Crippen LogP contribution in [0.5, 0.6) is 0 Å². The van der Waals surface area contributed by atoms with Crippen molar-refractivity contribution in [3.05, 3.63) is 54.6 Å². The number of nitrogens with zero attached hydrogens (tertiary/aromatic N) is 3. The molecule has 1 N–H and O–H groups in total. The van der Waals surface area contributed by atoms with Gasteiger partial charge in [0.25, 0.3) is 5.91 Å². The van der Waals surface area contributed by atoms with Crippen molar-refractivity contribution in [3.8, 4) is 0 Å². The van der Waals surface area contributed by atoms with E-state index in [1.165, 1.54) is 0 Å². The van der Waals surface area contributed by atoms with E-state index in [4.69, 9.17) is 4.74 Å². The quantitative estimate of drug-likeness (QED) is 0.926. The SMILES string of the molecule is O=C(c1ccncc1)N1CCOC2C(CNc3cccnc3)CCC21. The van der Waals surface area contributed by atoms with Gasteiger partial charge >= 0.3 is 0 Å². The third-order valence-electron chi connectivity index (χ3n) is 5.14. The number of fused-ring (bicyclic) bond motifs is 1. The summed E-state index contributed by atoms with van der Waals surface area (Å²) in [6.07, 6.45) is 9.07. The standard InChI is InChI=1S/C19H22N4O2/c24-19(14-5-8-20-9-6-14)23-10-11-25-18-15(3-4-17(18)23)12-22-16-2-1-7-21-13-16/h1-2,5-9,13,15,17-18,22H,3-4,10-12H2. The van der Waals surface area contributed by atoms with E-state index in [1.807, 2.05) is 23.2 Å². The second-order valence-corrected chi connectivity index (χ2v) is 6.60. The highest BCUT2D eigenvalue weighted by Gasteiger charge is 2.44. The van der Waals surface area contributed by atoms with Gasteiger partial charge in [-0.15, -0.1) is 0 Å². The van der Waals surface area contributed by atoms with Gasteiger partial charge in [0.15, 0.2) is 0 Å². The molecule has 1 saturated heterocycles. The molecule has 25 heavy (non-hydrogen) atoms. The molecule has 2 fully saturated rings. The van der Waals surface area contributed by atoms with Crippen LogP contribution in [0.1, 0.15) is 23.2 Å². The van der Waals surface area contributed by atoms with E-state index in [-0.39, 0.29) is 18.1 Å². The highest BCUT2D eigenvalue weighted by Crippen LogP contribution is 2.35. The van der Waals surface area contributed by atoms with E-state index < -0.39 is 0 Å². The molecule has 6 heteroatoms. The van der Waals surface area contributed by atoms with Crippen LogP contribution in [0.2, 0.25) is 0 Å². The van der Waals surface area contributed by atoms with Crippen molar-refractivity contribution in [1.82, 2.24) is 14.9 Å². The van der Waals surface area contributed by atoms with Gasteiger partial charge in [-0.1, -0.05) is 0 Å². The second-order valence-electron chi connectivity index (χ2n) is 6.60. The Balaban J connectivity index is 1.42. The number of rotatable bonds is 4. The van der Waals surface area contributed by atoms with Gasteiger partial charge in [-0.05, 0) is 37.1 Å². The highest BCUT2D eigenvalue weighted by molar-refractivity contribution is 5.94. The number of amides is 1. The summed E-state index contributed by atoms with van der Waals surface area (Å²) in [5, 5.41) is 3.44. The lowest BCUT2D eigenvalue weighted by atomic mass is 10.0. The fourth-order valence-electron chi connectivity index (χ4n) is 3.91. The predicted molar refractivity (Wildman–Crippen MR) is 94.3 cm³/mol. The third kappa shape index (κ3) is 3.35. The van der Waals surface area contributed by atoms with E-state index in [2.05, 4.69) is 15.3 Å². The lowest BCUT2D eigenvalue weighted by Gasteiger charge is -2.39. The van der Waals surface area contributed by atoms with Crippen LogP contribution < -0.4 is 5.32 Å². The Labute approximate surface area is 147 Å². The summed E-state index contributed by atoms with van der Waals surface area (Å²) in [5.74, 6) is 0.486. The Morgan fingerprint density at radius 3 is 2.88 bits per heavy atom. The number of hydrogen-bond donors (Lipinski definition) is 1. The fourth-order valence-corrected chi connectivity index (χ4v) is 3.91. The van der Waals surface area contributed by atoms with Gasteiger partial charge in [-0.3, -0.25) is 14.8 Å². The van der Waals surface area contributed by atoms with Crippen molar-refractivity contribution < 1.29 is 9.53 Å². The molecule has 1 aliphatic heterocycles.